The number of ether oxygens (including phenoxy) is 1. The molecule has 0 aliphatic heterocycles. The molecule has 0 radical (unpaired) electrons. The van der Waals surface area contributed by atoms with Crippen LogP contribution in [0.5, 0.6) is 0 Å². The van der Waals surface area contributed by atoms with Gasteiger partial charge in [0.05, 0.1) is 0 Å². The summed E-state index contributed by atoms with van der Waals surface area (Å²) < 4.78 is 5.38. The highest BCUT2D eigenvalue weighted by Gasteiger charge is 2.35. The van der Waals surface area contributed by atoms with Gasteiger partial charge in [0.1, 0.15) is 0 Å². The molecule has 2 heteroatoms. The van der Waals surface area contributed by atoms with Crippen molar-refractivity contribution in [1.29, 1.82) is 0 Å². The van der Waals surface area contributed by atoms with Gasteiger partial charge >= 0.3 is 0 Å². The van der Waals surface area contributed by atoms with E-state index in [0.717, 1.165) is 19.8 Å². The molecule has 1 fully saturated rings. The summed E-state index contributed by atoms with van der Waals surface area (Å²) in [7, 11) is 0. The zero-order valence-electron chi connectivity index (χ0n) is 9.77. The van der Waals surface area contributed by atoms with Crippen LogP contribution in [0.25, 0.3) is 0 Å². The third-order valence-corrected chi connectivity index (χ3v) is 3.36. The van der Waals surface area contributed by atoms with E-state index in [2.05, 4.69) is 19.2 Å². The lowest BCUT2D eigenvalue weighted by atomic mass is 9.66. The maximum atomic E-state index is 5.38. The van der Waals surface area contributed by atoms with Crippen LogP contribution in [0.3, 0.4) is 0 Å². The maximum absolute atomic E-state index is 5.38. The molecular formula is C12H25NO. The van der Waals surface area contributed by atoms with Crippen LogP contribution in [0.2, 0.25) is 0 Å². The Kier molecular flexibility index (Phi) is 5.49. The summed E-state index contributed by atoms with van der Waals surface area (Å²) in [6.45, 7) is 8.39. The van der Waals surface area contributed by atoms with Crippen LogP contribution in [-0.4, -0.2) is 26.3 Å². The third kappa shape index (κ3) is 3.58. The van der Waals surface area contributed by atoms with Crippen LogP contribution in [0, 0.1) is 5.41 Å². The number of rotatable bonds is 8. The van der Waals surface area contributed by atoms with Gasteiger partial charge in [0.25, 0.3) is 0 Å². The number of hydrogen-bond acceptors (Lipinski definition) is 2. The molecule has 0 amide bonds. The highest BCUT2D eigenvalue weighted by atomic mass is 16.5. The van der Waals surface area contributed by atoms with Gasteiger partial charge in [-0.2, -0.15) is 0 Å². The van der Waals surface area contributed by atoms with Gasteiger partial charge in [-0.3, -0.25) is 0 Å². The van der Waals surface area contributed by atoms with Crippen molar-refractivity contribution in [3.05, 3.63) is 0 Å². The first kappa shape index (κ1) is 12.0. The van der Waals surface area contributed by atoms with Crippen molar-refractivity contribution < 1.29 is 4.74 Å². The van der Waals surface area contributed by atoms with Gasteiger partial charge in [0.2, 0.25) is 0 Å². The van der Waals surface area contributed by atoms with Gasteiger partial charge in [-0.1, -0.05) is 13.3 Å². The molecule has 0 heterocycles. The Morgan fingerprint density at radius 3 is 2.57 bits per heavy atom. The van der Waals surface area contributed by atoms with E-state index in [9.17, 15) is 0 Å². The molecule has 0 atom stereocenters. The molecule has 1 aliphatic carbocycles. The Morgan fingerprint density at radius 1 is 1.29 bits per heavy atom. The summed E-state index contributed by atoms with van der Waals surface area (Å²) in [5.41, 5.74) is 0.632. The minimum atomic E-state index is 0.632. The van der Waals surface area contributed by atoms with Gasteiger partial charge in [0, 0.05) is 19.8 Å². The predicted octanol–water partition coefficient (Wildman–Crippen LogP) is 2.58. The predicted molar refractivity (Wildman–Crippen MR) is 60.6 cm³/mol. The van der Waals surface area contributed by atoms with Crippen LogP contribution in [0.15, 0.2) is 0 Å². The summed E-state index contributed by atoms with van der Waals surface area (Å²) in [5, 5.41) is 3.49. The molecule has 14 heavy (non-hydrogen) atoms. The quantitative estimate of drug-likeness (QED) is 0.607. The highest BCUT2D eigenvalue weighted by molar-refractivity contribution is 4.89. The van der Waals surface area contributed by atoms with E-state index < -0.39 is 0 Å². The van der Waals surface area contributed by atoms with Gasteiger partial charge in [-0.25, -0.2) is 0 Å². The van der Waals surface area contributed by atoms with Gasteiger partial charge < -0.3 is 10.1 Å². The summed E-state index contributed by atoms with van der Waals surface area (Å²) in [5.74, 6) is 0. The Hall–Kier alpha value is -0.0800. The lowest BCUT2D eigenvalue weighted by Crippen LogP contribution is -2.40. The minimum Gasteiger partial charge on any atom is -0.382 e. The molecule has 0 aromatic rings. The Labute approximate surface area is 88.4 Å². The summed E-state index contributed by atoms with van der Waals surface area (Å²) in [6, 6.07) is 0. The van der Waals surface area contributed by atoms with Crippen molar-refractivity contribution in [3.63, 3.8) is 0 Å². The van der Waals surface area contributed by atoms with Crippen LogP contribution >= 0.6 is 0 Å². The topological polar surface area (TPSA) is 21.3 Å². The second-order valence-corrected chi connectivity index (χ2v) is 4.43. The summed E-state index contributed by atoms with van der Waals surface area (Å²) >= 11 is 0. The lowest BCUT2D eigenvalue weighted by molar-refractivity contribution is 0.0844. The van der Waals surface area contributed by atoms with Crippen LogP contribution in [0.1, 0.15) is 46.0 Å². The van der Waals surface area contributed by atoms with Crippen molar-refractivity contribution in [2.45, 2.75) is 46.0 Å². The summed E-state index contributed by atoms with van der Waals surface area (Å²) in [6.07, 6.45) is 6.86. The largest absolute Gasteiger partial charge is 0.382 e. The number of nitrogens with one attached hydrogen (secondary N) is 1. The van der Waals surface area contributed by atoms with Gasteiger partial charge in [-0.15, -0.1) is 0 Å². The molecule has 1 saturated carbocycles. The molecule has 1 aliphatic rings. The van der Waals surface area contributed by atoms with Crippen LogP contribution < -0.4 is 5.32 Å². The molecule has 1 N–H and O–H groups in total. The minimum absolute atomic E-state index is 0.632. The van der Waals surface area contributed by atoms with Gasteiger partial charge in [-0.05, 0) is 44.6 Å². The van der Waals surface area contributed by atoms with E-state index in [1.165, 1.54) is 38.6 Å². The zero-order valence-corrected chi connectivity index (χ0v) is 9.77. The SMILES string of the molecule is CCNCC1(CCCOCC)CCC1. The van der Waals surface area contributed by atoms with Crippen molar-refractivity contribution >= 4 is 0 Å². The third-order valence-electron chi connectivity index (χ3n) is 3.36. The average Bonchev–Trinajstić information content (AvgIpc) is 2.15. The second kappa shape index (κ2) is 6.41. The molecule has 0 aromatic carbocycles. The van der Waals surface area contributed by atoms with E-state index in [1.807, 2.05) is 0 Å². The van der Waals surface area contributed by atoms with Crippen molar-refractivity contribution in [1.82, 2.24) is 5.32 Å². The monoisotopic (exact) mass is 199 g/mol. The Balaban J connectivity index is 2.10. The van der Waals surface area contributed by atoms with Crippen molar-refractivity contribution in [2.24, 2.45) is 5.41 Å². The molecule has 0 saturated heterocycles. The van der Waals surface area contributed by atoms with E-state index in [0.29, 0.717) is 5.41 Å². The first-order valence-corrected chi connectivity index (χ1v) is 6.11. The normalized spacial score (nSPS) is 19.3. The van der Waals surface area contributed by atoms with E-state index >= 15 is 0 Å². The fourth-order valence-corrected chi connectivity index (χ4v) is 2.28. The molecule has 1 rings (SSSR count). The zero-order chi connectivity index (χ0) is 10.3. The average molecular weight is 199 g/mol. The van der Waals surface area contributed by atoms with Crippen molar-refractivity contribution in [3.8, 4) is 0 Å². The molecule has 0 spiro atoms. The fourth-order valence-electron chi connectivity index (χ4n) is 2.28. The standard InChI is InChI=1S/C12H25NO/c1-3-13-11-12(7-5-8-12)9-6-10-14-4-2/h13H,3-11H2,1-2H3. The molecule has 84 valence electrons. The van der Waals surface area contributed by atoms with Gasteiger partial charge in [0.15, 0.2) is 0 Å². The lowest BCUT2D eigenvalue weighted by Gasteiger charge is -2.42. The van der Waals surface area contributed by atoms with E-state index in [-0.39, 0.29) is 0 Å². The fraction of sp³-hybridized carbons (Fsp3) is 1.00. The summed E-state index contributed by atoms with van der Waals surface area (Å²) in [4.78, 5) is 0. The van der Waals surface area contributed by atoms with Crippen LogP contribution in [0.4, 0.5) is 0 Å². The first-order chi connectivity index (χ1) is 6.83. The molecular weight excluding hydrogens is 174 g/mol. The molecule has 0 unspecified atom stereocenters. The highest BCUT2D eigenvalue weighted by Crippen LogP contribution is 2.44. The van der Waals surface area contributed by atoms with E-state index in [1.54, 1.807) is 0 Å². The molecule has 0 bridgehead atoms. The van der Waals surface area contributed by atoms with Crippen molar-refractivity contribution in [2.75, 3.05) is 26.3 Å². The Morgan fingerprint density at radius 2 is 2.07 bits per heavy atom. The second-order valence-electron chi connectivity index (χ2n) is 4.43. The number of hydrogen-bond donors (Lipinski definition) is 1. The smallest absolute Gasteiger partial charge is 0.0466 e. The first-order valence-electron chi connectivity index (χ1n) is 6.11. The maximum Gasteiger partial charge on any atom is 0.0466 e. The molecule has 2 nitrogen and oxygen atoms in total. The van der Waals surface area contributed by atoms with Crippen LogP contribution in [-0.2, 0) is 4.74 Å². The Bertz CT molecular complexity index is 143. The van der Waals surface area contributed by atoms with E-state index in [4.69, 9.17) is 4.74 Å². The molecule has 0 aromatic heterocycles.